The highest BCUT2D eigenvalue weighted by Gasteiger charge is 2.05. The number of hydrogen-bond donors (Lipinski definition) is 1. The molecule has 0 aliphatic heterocycles. The average Bonchev–Trinajstić information content (AvgIpc) is 2.71. The number of halogens is 2. The van der Waals surface area contributed by atoms with Gasteiger partial charge < -0.3 is 0 Å². The van der Waals surface area contributed by atoms with Crippen LogP contribution in [0.5, 0.6) is 0 Å². The molecule has 0 fully saturated rings. The molecule has 0 amide bonds. The van der Waals surface area contributed by atoms with Crippen LogP contribution in [0.1, 0.15) is 16.8 Å². The molecule has 0 aliphatic carbocycles. The van der Waals surface area contributed by atoms with Crippen molar-refractivity contribution in [2.75, 3.05) is 5.43 Å². The lowest BCUT2D eigenvalue weighted by atomic mass is 10.1. The molecule has 6 heteroatoms. The largest absolute Gasteiger partial charge is 0.253 e. The van der Waals surface area contributed by atoms with E-state index in [2.05, 4.69) is 31.4 Å². The van der Waals surface area contributed by atoms with Crippen molar-refractivity contribution >= 4 is 38.6 Å². The molecule has 1 aromatic heterocycles. The number of aryl methyl sites for hydroxylation is 2. The second kappa shape index (κ2) is 5.58. The molecule has 0 saturated carbocycles. The second-order valence-electron chi connectivity index (χ2n) is 3.81. The number of hydrazone groups is 1. The quantitative estimate of drug-likeness (QED) is 0.680. The first-order chi connectivity index (χ1) is 8.56. The molecular formula is C12H11BrFN3S. The number of anilines is 1. The molecule has 2 rings (SSSR count). The number of rotatable bonds is 3. The predicted molar refractivity (Wildman–Crippen MR) is 76.9 cm³/mol. The zero-order chi connectivity index (χ0) is 13.1. The molecule has 3 nitrogen and oxygen atoms in total. The van der Waals surface area contributed by atoms with Gasteiger partial charge in [0.25, 0.3) is 0 Å². The van der Waals surface area contributed by atoms with Gasteiger partial charge in [-0.2, -0.15) is 5.10 Å². The van der Waals surface area contributed by atoms with Gasteiger partial charge in [-0.25, -0.2) is 9.37 Å². The first kappa shape index (κ1) is 13.2. The first-order valence-electron chi connectivity index (χ1n) is 5.23. The van der Waals surface area contributed by atoms with E-state index in [1.54, 1.807) is 12.1 Å². The maximum Gasteiger partial charge on any atom is 0.203 e. The van der Waals surface area contributed by atoms with Crippen LogP contribution in [0.3, 0.4) is 0 Å². The molecular weight excluding hydrogens is 317 g/mol. The van der Waals surface area contributed by atoms with Crippen molar-refractivity contribution < 1.29 is 4.39 Å². The van der Waals surface area contributed by atoms with E-state index >= 15 is 0 Å². The Balaban J connectivity index is 2.14. The van der Waals surface area contributed by atoms with Crippen LogP contribution in [0, 0.1) is 19.7 Å². The van der Waals surface area contributed by atoms with Crippen molar-refractivity contribution in [3.05, 3.63) is 44.6 Å². The molecule has 0 spiro atoms. The summed E-state index contributed by atoms with van der Waals surface area (Å²) in [6.07, 6.45) is 1.45. The summed E-state index contributed by atoms with van der Waals surface area (Å²) in [4.78, 5) is 4.19. The highest BCUT2D eigenvalue weighted by Crippen LogP contribution is 2.20. The van der Waals surface area contributed by atoms with Crippen LogP contribution in [-0.2, 0) is 0 Å². The van der Waals surface area contributed by atoms with Crippen molar-refractivity contribution in [1.82, 2.24) is 4.98 Å². The summed E-state index contributed by atoms with van der Waals surface area (Å²) in [6, 6.07) is 3.46. The molecule has 18 heavy (non-hydrogen) atoms. The Morgan fingerprint density at radius 2 is 2.22 bits per heavy atom. The fraction of sp³-hybridized carbons (Fsp3) is 0.167. The zero-order valence-electron chi connectivity index (χ0n) is 9.87. The SMILES string of the molecule is Cc1cc(Br)c(F)c(C=NNc2nc(C)cs2)c1. The van der Waals surface area contributed by atoms with Crippen LogP contribution in [0.2, 0.25) is 0 Å². The number of nitrogens with one attached hydrogen (secondary N) is 1. The Morgan fingerprint density at radius 1 is 1.44 bits per heavy atom. The maximum absolute atomic E-state index is 13.7. The standard InChI is InChI=1S/C12H11BrFN3S/c1-7-3-9(11(14)10(13)4-7)5-15-17-12-16-8(2)6-18-12/h3-6H,1-2H3,(H,16,17). The highest BCUT2D eigenvalue weighted by atomic mass is 79.9. The lowest BCUT2D eigenvalue weighted by Crippen LogP contribution is -1.95. The predicted octanol–water partition coefficient (Wildman–Crippen LogP) is 4.11. The molecule has 94 valence electrons. The van der Waals surface area contributed by atoms with Crippen LogP contribution in [0.4, 0.5) is 9.52 Å². The molecule has 0 unspecified atom stereocenters. The van der Waals surface area contributed by atoms with E-state index in [1.165, 1.54) is 17.6 Å². The van der Waals surface area contributed by atoms with Gasteiger partial charge in [-0.15, -0.1) is 11.3 Å². The fourth-order valence-electron chi connectivity index (χ4n) is 1.41. The van der Waals surface area contributed by atoms with Crippen molar-refractivity contribution in [2.45, 2.75) is 13.8 Å². The monoisotopic (exact) mass is 327 g/mol. The van der Waals surface area contributed by atoms with Crippen molar-refractivity contribution in [3.8, 4) is 0 Å². The average molecular weight is 328 g/mol. The topological polar surface area (TPSA) is 37.3 Å². The van der Waals surface area contributed by atoms with E-state index in [-0.39, 0.29) is 5.82 Å². The molecule has 1 N–H and O–H groups in total. The normalized spacial score (nSPS) is 11.1. The lowest BCUT2D eigenvalue weighted by molar-refractivity contribution is 0.618. The molecule has 1 aromatic carbocycles. The van der Waals surface area contributed by atoms with E-state index in [1.807, 2.05) is 19.2 Å². The summed E-state index contributed by atoms with van der Waals surface area (Å²) >= 11 is 4.63. The van der Waals surface area contributed by atoms with Crippen LogP contribution < -0.4 is 5.43 Å². The Kier molecular flexibility index (Phi) is 4.08. The second-order valence-corrected chi connectivity index (χ2v) is 5.53. The molecule has 0 saturated heterocycles. The minimum atomic E-state index is -0.318. The third-order valence-corrected chi connectivity index (χ3v) is 3.63. The van der Waals surface area contributed by atoms with Crippen molar-refractivity contribution in [3.63, 3.8) is 0 Å². The van der Waals surface area contributed by atoms with Gasteiger partial charge in [-0.05, 0) is 47.5 Å². The van der Waals surface area contributed by atoms with E-state index in [0.717, 1.165) is 11.3 Å². The third-order valence-electron chi connectivity index (χ3n) is 2.18. The van der Waals surface area contributed by atoms with Gasteiger partial charge in [-0.3, -0.25) is 5.43 Å². The van der Waals surface area contributed by atoms with Crippen LogP contribution in [0.25, 0.3) is 0 Å². The summed E-state index contributed by atoms with van der Waals surface area (Å²) in [7, 11) is 0. The summed E-state index contributed by atoms with van der Waals surface area (Å²) < 4.78 is 14.2. The molecule has 1 heterocycles. The van der Waals surface area contributed by atoms with Gasteiger partial charge in [0.15, 0.2) is 0 Å². The minimum Gasteiger partial charge on any atom is -0.253 e. The van der Waals surface area contributed by atoms with Crippen LogP contribution >= 0.6 is 27.3 Å². The fourth-order valence-corrected chi connectivity index (χ4v) is 2.63. The Morgan fingerprint density at radius 3 is 2.89 bits per heavy atom. The first-order valence-corrected chi connectivity index (χ1v) is 6.90. The zero-order valence-corrected chi connectivity index (χ0v) is 12.3. The van der Waals surface area contributed by atoms with Gasteiger partial charge in [0.05, 0.1) is 16.4 Å². The Hall–Kier alpha value is -1.27. The number of thiazole rings is 1. The third kappa shape index (κ3) is 3.14. The molecule has 0 radical (unpaired) electrons. The van der Waals surface area contributed by atoms with Gasteiger partial charge in [0, 0.05) is 10.9 Å². The van der Waals surface area contributed by atoms with E-state index in [0.29, 0.717) is 15.2 Å². The Bertz CT molecular complexity index is 595. The summed E-state index contributed by atoms with van der Waals surface area (Å²) in [6.45, 7) is 3.81. The molecule has 0 atom stereocenters. The smallest absolute Gasteiger partial charge is 0.203 e. The number of nitrogens with zero attached hydrogens (tertiary/aromatic N) is 2. The van der Waals surface area contributed by atoms with Gasteiger partial charge >= 0.3 is 0 Å². The number of hydrogen-bond acceptors (Lipinski definition) is 4. The Labute approximate surface area is 117 Å². The summed E-state index contributed by atoms with van der Waals surface area (Å²) in [5.41, 5.74) is 5.11. The molecule has 0 bridgehead atoms. The molecule has 0 aliphatic rings. The number of aromatic nitrogens is 1. The van der Waals surface area contributed by atoms with E-state index in [9.17, 15) is 4.39 Å². The van der Waals surface area contributed by atoms with Gasteiger partial charge in [-0.1, -0.05) is 0 Å². The van der Waals surface area contributed by atoms with Crippen LogP contribution in [0.15, 0.2) is 27.1 Å². The van der Waals surface area contributed by atoms with Gasteiger partial charge in [0.1, 0.15) is 5.82 Å². The summed E-state index contributed by atoms with van der Waals surface area (Å²) in [5.74, 6) is -0.318. The van der Waals surface area contributed by atoms with Crippen molar-refractivity contribution in [1.29, 1.82) is 0 Å². The minimum absolute atomic E-state index is 0.318. The van der Waals surface area contributed by atoms with E-state index < -0.39 is 0 Å². The van der Waals surface area contributed by atoms with Crippen molar-refractivity contribution in [2.24, 2.45) is 5.10 Å². The highest BCUT2D eigenvalue weighted by molar-refractivity contribution is 9.10. The molecule has 2 aromatic rings. The summed E-state index contributed by atoms with van der Waals surface area (Å²) in [5, 5.41) is 6.59. The maximum atomic E-state index is 13.7. The lowest BCUT2D eigenvalue weighted by Gasteiger charge is -2.01. The number of benzene rings is 1. The van der Waals surface area contributed by atoms with E-state index in [4.69, 9.17) is 0 Å². The van der Waals surface area contributed by atoms with Gasteiger partial charge in [0.2, 0.25) is 5.13 Å². The van der Waals surface area contributed by atoms with Crippen LogP contribution in [-0.4, -0.2) is 11.2 Å².